The molecular formula is C14H16N4OS. The number of fused-ring (bicyclic) bond motifs is 3. The second-order valence-corrected chi connectivity index (χ2v) is 5.71. The fourth-order valence-corrected chi connectivity index (χ4v) is 3.55. The van der Waals surface area contributed by atoms with Gasteiger partial charge in [0.05, 0.1) is 12.8 Å². The molecule has 1 aliphatic rings. The predicted molar refractivity (Wildman–Crippen MR) is 80.5 cm³/mol. The third-order valence-corrected chi connectivity index (χ3v) is 4.82. The molecular weight excluding hydrogens is 272 g/mol. The average molecular weight is 288 g/mol. The van der Waals surface area contributed by atoms with Crippen LogP contribution in [0.3, 0.4) is 0 Å². The molecule has 5 nitrogen and oxygen atoms in total. The molecule has 1 aromatic heterocycles. The molecule has 0 saturated carbocycles. The van der Waals surface area contributed by atoms with E-state index in [4.69, 9.17) is 10.00 Å². The van der Waals surface area contributed by atoms with E-state index in [1.165, 1.54) is 10.9 Å². The summed E-state index contributed by atoms with van der Waals surface area (Å²) < 4.78 is 5.31. The maximum Gasteiger partial charge on any atom is 0.187 e. The number of benzene rings is 1. The number of aromatic nitrogens is 1. The van der Waals surface area contributed by atoms with E-state index < -0.39 is 4.99 Å². The summed E-state index contributed by atoms with van der Waals surface area (Å²) >= 11 is 1.58. The third kappa shape index (κ3) is 1.82. The van der Waals surface area contributed by atoms with Gasteiger partial charge in [0.1, 0.15) is 5.75 Å². The smallest absolute Gasteiger partial charge is 0.187 e. The highest BCUT2D eigenvalue weighted by atomic mass is 32.2. The largest absolute Gasteiger partial charge is 0.497 e. The fourth-order valence-electron chi connectivity index (χ4n) is 2.78. The molecule has 3 rings (SSSR count). The van der Waals surface area contributed by atoms with Crippen molar-refractivity contribution >= 4 is 22.7 Å². The first-order valence-electron chi connectivity index (χ1n) is 6.39. The third-order valence-electron chi connectivity index (χ3n) is 3.75. The van der Waals surface area contributed by atoms with Crippen LogP contribution in [-0.2, 0) is 11.4 Å². The molecule has 0 aliphatic carbocycles. The van der Waals surface area contributed by atoms with Crippen molar-refractivity contribution in [3.05, 3.63) is 29.5 Å². The fraction of sp³-hybridized carbons (Fsp3) is 0.357. The lowest BCUT2D eigenvalue weighted by molar-refractivity contribution is 0.414. The molecule has 0 bridgehead atoms. The Labute approximate surface area is 121 Å². The number of nitrogens with one attached hydrogen (secondary N) is 3. The first-order chi connectivity index (χ1) is 9.74. The second-order valence-electron chi connectivity index (χ2n) is 4.69. The summed E-state index contributed by atoms with van der Waals surface area (Å²) in [4.78, 5) is 2.87. The van der Waals surface area contributed by atoms with Crippen molar-refractivity contribution in [1.29, 1.82) is 5.26 Å². The lowest BCUT2D eigenvalue weighted by atomic mass is 10.0. The topological polar surface area (TPSA) is 72.9 Å². The number of nitriles is 1. The molecule has 1 aromatic carbocycles. The standard InChI is InChI=1S/C14H16N4OS/c1-19-9-3-4-12-11(7-9)10-5-6-16-14(20-2,17-8-15)13(10)18-12/h3-4,7,16-18H,5-6H2,1-2H3/t14-/m1/s1. The highest BCUT2D eigenvalue weighted by molar-refractivity contribution is 7.99. The van der Waals surface area contributed by atoms with Crippen molar-refractivity contribution in [3.8, 4) is 11.9 Å². The lowest BCUT2D eigenvalue weighted by Gasteiger charge is -2.35. The van der Waals surface area contributed by atoms with Crippen LogP contribution in [0.1, 0.15) is 11.3 Å². The van der Waals surface area contributed by atoms with E-state index in [-0.39, 0.29) is 0 Å². The van der Waals surface area contributed by atoms with E-state index >= 15 is 0 Å². The average Bonchev–Trinajstić information content (AvgIpc) is 2.86. The second kappa shape index (κ2) is 4.93. The van der Waals surface area contributed by atoms with E-state index in [0.717, 1.165) is 29.9 Å². The molecule has 6 heteroatoms. The van der Waals surface area contributed by atoms with Gasteiger partial charge in [-0.05, 0) is 36.4 Å². The van der Waals surface area contributed by atoms with Crippen LogP contribution in [0.25, 0.3) is 10.9 Å². The Kier molecular flexibility index (Phi) is 3.24. The minimum atomic E-state index is -0.575. The number of hydrogen-bond acceptors (Lipinski definition) is 5. The maximum absolute atomic E-state index is 9.05. The van der Waals surface area contributed by atoms with Gasteiger partial charge >= 0.3 is 0 Å². The molecule has 0 fully saturated rings. The van der Waals surface area contributed by atoms with E-state index in [1.54, 1.807) is 18.9 Å². The zero-order chi connectivity index (χ0) is 14.2. The SMILES string of the molecule is COc1ccc2[nH]c3c(c2c1)CCN[C@]3(NC#N)SC. The van der Waals surface area contributed by atoms with E-state index in [9.17, 15) is 0 Å². The van der Waals surface area contributed by atoms with Crippen molar-refractivity contribution in [2.24, 2.45) is 0 Å². The molecule has 3 N–H and O–H groups in total. The number of ether oxygens (including phenoxy) is 1. The Bertz CT molecular complexity index is 690. The summed E-state index contributed by atoms with van der Waals surface area (Å²) in [6, 6.07) is 6.01. The van der Waals surface area contributed by atoms with Crippen LogP contribution in [0.2, 0.25) is 0 Å². The summed E-state index contributed by atoms with van der Waals surface area (Å²) in [5.41, 5.74) is 3.34. The van der Waals surface area contributed by atoms with Crippen molar-refractivity contribution in [2.45, 2.75) is 11.4 Å². The first-order valence-corrected chi connectivity index (χ1v) is 7.62. The van der Waals surface area contributed by atoms with E-state index in [0.29, 0.717) is 0 Å². The minimum Gasteiger partial charge on any atom is -0.497 e. The van der Waals surface area contributed by atoms with Crippen LogP contribution >= 0.6 is 11.8 Å². The van der Waals surface area contributed by atoms with Crippen molar-refractivity contribution in [1.82, 2.24) is 15.6 Å². The Balaban J connectivity index is 2.22. The van der Waals surface area contributed by atoms with Gasteiger partial charge in [0, 0.05) is 17.4 Å². The van der Waals surface area contributed by atoms with Crippen molar-refractivity contribution < 1.29 is 4.74 Å². The van der Waals surface area contributed by atoms with Gasteiger partial charge in [0.15, 0.2) is 11.2 Å². The molecule has 2 heterocycles. The number of thioether (sulfide) groups is 1. The summed E-state index contributed by atoms with van der Waals surface area (Å²) in [7, 11) is 1.67. The molecule has 1 atom stereocenters. The van der Waals surface area contributed by atoms with Gasteiger partial charge in [0.25, 0.3) is 0 Å². The van der Waals surface area contributed by atoms with Gasteiger partial charge in [-0.1, -0.05) is 0 Å². The highest BCUT2D eigenvalue weighted by Crippen LogP contribution is 2.38. The molecule has 0 radical (unpaired) electrons. The number of aromatic amines is 1. The molecule has 0 saturated heterocycles. The molecule has 0 amide bonds. The van der Waals surface area contributed by atoms with Crippen LogP contribution in [0, 0.1) is 11.5 Å². The van der Waals surface area contributed by atoms with E-state index in [1.807, 2.05) is 24.5 Å². The predicted octanol–water partition coefficient (Wildman–Crippen LogP) is 1.87. The van der Waals surface area contributed by atoms with E-state index in [2.05, 4.69) is 21.8 Å². The zero-order valence-corrected chi connectivity index (χ0v) is 12.2. The quantitative estimate of drug-likeness (QED) is 0.457. The van der Waals surface area contributed by atoms with Gasteiger partial charge in [-0.2, -0.15) is 5.26 Å². The summed E-state index contributed by atoms with van der Waals surface area (Å²) in [5.74, 6) is 0.848. The number of nitrogens with zero attached hydrogens (tertiary/aromatic N) is 1. The van der Waals surface area contributed by atoms with Gasteiger partial charge in [-0.15, -0.1) is 11.8 Å². The number of hydrogen-bond donors (Lipinski definition) is 3. The summed E-state index contributed by atoms with van der Waals surface area (Å²) in [5, 5.41) is 16.5. The number of methoxy groups -OCH3 is 1. The Morgan fingerprint density at radius 2 is 2.35 bits per heavy atom. The summed E-state index contributed by atoms with van der Waals surface area (Å²) in [6.07, 6.45) is 4.97. The molecule has 1 aliphatic heterocycles. The molecule has 2 aromatic rings. The highest BCUT2D eigenvalue weighted by Gasteiger charge is 2.38. The Hall–Kier alpha value is -1.84. The minimum absolute atomic E-state index is 0.575. The van der Waals surface area contributed by atoms with Gasteiger partial charge in [-0.3, -0.25) is 10.6 Å². The molecule has 0 spiro atoms. The van der Waals surface area contributed by atoms with Crippen molar-refractivity contribution in [2.75, 3.05) is 19.9 Å². The van der Waals surface area contributed by atoms with Crippen LogP contribution in [0.5, 0.6) is 5.75 Å². The first kappa shape index (κ1) is 13.2. The van der Waals surface area contributed by atoms with Crippen LogP contribution < -0.4 is 15.4 Å². The number of H-pyrrole nitrogens is 1. The summed E-state index contributed by atoms with van der Waals surface area (Å²) in [6.45, 7) is 0.826. The Morgan fingerprint density at radius 3 is 3.05 bits per heavy atom. The Morgan fingerprint density at radius 1 is 1.50 bits per heavy atom. The van der Waals surface area contributed by atoms with Gasteiger partial charge in [0.2, 0.25) is 0 Å². The maximum atomic E-state index is 9.05. The molecule has 0 unspecified atom stereocenters. The van der Waals surface area contributed by atoms with Crippen molar-refractivity contribution in [3.63, 3.8) is 0 Å². The zero-order valence-electron chi connectivity index (χ0n) is 11.4. The normalized spacial score (nSPS) is 21.2. The number of rotatable bonds is 3. The van der Waals surface area contributed by atoms with Crippen LogP contribution in [0.15, 0.2) is 18.2 Å². The van der Waals surface area contributed by atoms with Gasteiger partial charge in [-0.25, -0.2) is 0 Å². The lowest BCUT2D eigenvalue weighted by Crippen LogP contribution is -2.53. The van der Waals surface area contributed by atoms with Crippen LogP contribution in [0.4, 0.5) is 0 Å². The van der Waals surface area contributed by atoms with Gasteiger partial charge < -0.3 is 9.72 Å². The monoisotopic (exact) mass is 288 g/mol. The molecule has 20 heavy (non-hydrogen) atoms. The van der Waals surface area contributed by atoms with Crippen LogP contribution in [-0.4, -0.2) is 24.9 Å². The molecule has 104 valence electrons.